The van der Waals surface area contributed by atoms with Crippen molar-refractivity contribution in [2.75, 3.05) is 11.1 Å². The number of anilines is 2. The van der Waals surface area contributed by atoms with Crippen LogP contribution in [0.15, 0.2) is 18.2 Å². The van der Waals surface area contributed by atoms with Crippen molar-refractivity contribution in [3.63, 3.8) is 0 Å². The van der Waals surface area contributed by atoms with Gasteiger partial charge in [-0.2, -0.15) is 0 Å². The highest BCUT2D eigenvalue weighted by molar-refractivity contribution is 7.22. The SMILES string of the molecule is CC(CC(N)=O)Nc1nc2ccc(N)cc2s1. The van der Waals surface area contributed by atoms with Crippen LogP contribution in [0.1, 0.15) is 13.3 Å². The van der Waals surface area contributed by atoms with E-state index in [1.165, 1.54) is 11.3 Å². The quantitative estimate of drug-likeness (QED) is 0.718. The van der Waals surface area contributed by atoms with Crippen molar-refractivity contribution >= 4 is 38.3 Å². The van der Waals surface area contributed by atoms with E-state index in [9.17, 15) is 4.79 Å². The number of amides is 1. The van der Waals surface area contributed by atoms with Gasteiger partial charge in [0.05, 0.1) is 10.2 Å². The van der Waals surface area contributed by atoms with Gasteiger partial charge in [-0.15, -0.1) is 0 Å². The molecule has 0 saturated carbocycles. The molecular weight excluding hydrogens is 236 g/mol. The number of nitrogens with one attached hydrogen (secondary N) is 1. The van der Waals surface area contributed by atoms with Gasteiger partial charge in [0.25, 0.3) is 0 Å². The smallest absolute Gasteiger partial charge is 0.219 e. The maximum absolute atomic E-state index is 10.8. The van der Waals surface area contributed by atoms with Gasteiger partial charge in [-0.05, 0) is 25.1 Å². The van der Waals surface area contributed by atoms with Crippen molar-refractivity contribution in [2.24, 2.45) is 5.73 Å². The Kier molecular flexibility index (Phi) is 3.14. The van der Waals surface area contributed by atoms with Gasteiger partial charge in [0.1, 0.15) is 0 Å². The summed E-state index contributed by atoms with van der Waals surface area (Å²) in [5.74, 6) is -0.324. The minimum absolute atomic E-state index is 0.0228. The molecule has 0 aliphatic carbocycles. The standard InChI is InChI=1S/C11H14N4OS/c1-6(4-10(13)16)14-11-15-8-3-2-7(12)5-9(8)17-11/h2-3,5-6H,4,12H2,1H3,(H2,13,16)(H,14,15). The van der Waals surface area contributed by atoms with Gasteiger partial charge in [0.2, 0.25) is 5.91 Å². The minimum Gasteiger partial charge on any atom is -0.399 e. The zero-order chi connectivity index (χ0) is 12.4. The molecule has 0 radical (unpaired) electrons. The van der Waals surface area contributed by atoms with Gasteiger partial charge in [-0.25, -0.2) is 4.98 Å². The van der Waals surface area contributed by atoms with Crippen LogP contribution in [0, 0.1) is 0 Å². The molecule has 0 fully saturated rings. The van der Waals surface area contributed by atoms with Crippen molar-refractivity contribution in [2.45, 2.75) is 19.4 Å². The molecular formula is C11H14N4OS. The molecule has 2 aromatic rings. The highest BCUT2D eigenvalue weighted by atomic mass is 32.1. The van der Waals surface area contributed by atoms with E-state index in [0.717, 1.165) is 21.0 Å². The molecule has 1 atom stereocenters. The molecule has 1 amide bonds. The van der Waals surface area contributed by atoms with Crippen molar-refractivity contribution in [3.8, 4) is 0 Å². The summed E-state index contributed by atoms with van der Waals surface area (Å²) in [4.78, 5) is 15.2. The van der Waals surface area contributed by atoms with E-state index in [2.05, 4.69) is 10.3 Å². The number of benzene rings is 1. The van der Waals surface area contributed by atoms with Crippen LogP contribution in [0.3, 0.4) is 0 Å². The van der Waals surface area contributed by atoms with E-state index < -0.39 is 0 Å². The average molecular weight is 250 g/mol. The number of carbonyl (C=O) groups is 1. The predicted octanol–water partition coefficient (Wildman–Crippen LogP) is 1.55. The third-order valence-corrected chi connectivity index (χ3v) is 3.24. The number of nitrogen functional groups attached to an aromatic ring is 1. The number of hydrogen-bond acceptors (Lipinski definition) is 5. The minimum atomic E-state index is -0.324. The molecule has 0 spiro atoms. The number of thiazole rings is 1. The third kappa shape index (κ3) is 2.85. The molecule has 0 aliphatic rings. The summed E-state index contributed by atoms with van der Waals surface area (Å²) in [6.45, 7) is 1.89. The third-order valence-electron chi connectivity index (χ3n) is 2.29. The molecule has 1 aromatic heterocycles. The maximum Gasteiger partial charge on any atom is 0.219 e. The summed E-state index contributed by atoms with van der Waals surface area (Å²) in [5.41, 5.74) is 12.4. The number of rotatable bonds is 4. The number of primary amides is 1. The lowest BCUT2D eigenvalue weighted by atomic mass is 10.2. The summed E-state index contributed by atoms with van der Waals surface area (Å²) in [7, 11) is 0. The van der Waals surface area contributed by atoms with E-state index in [1.54, 1.807) is 0 Å². The summed E-state index contributed by atoms with van der Waals surface area (Å²) in [6.07, 6.45) is 0.290. The molecule has 1 unspecified atom stereocenters. The summed E-state index contributed by atoms with van der Waals surface area (Å²) in [6, 6.07) is 5.56. The summed E-state index contributed by atoms with van der Waals surface area (Å²) < 4.78 is 1.03. The maximum atomic E-state index is 10.8. The van der Waals surface area contributed by atoms with E-state index in [0.29, 0.717) is 0 Å². The highest BCUT2D eigenvalue weighted by Crippen LogP contribution is 2.27. The Morgan fingerprint density at radius 1 is 1.59 bits per heavy atom. The molecule has 90 valence electrons. The van der Waals surface area contributed by atoms with E-state index in [1.807, 2.05) is 25.1 Å². The zero-order valence-electron chi connectivity index (χ0n) is 9.43. The van der Waals surface area contributed by atoms with Crippen molar-refractivity contribution in [3.05, 3.63) is 18.2 Å². The van der Waals surface area contributed by atoms with Crippen LogP contribution in [0.4, 0.5) is 10.8 Å². The second-order valence-corrected chi connectivity index (χ2v) is 4.99. The number of carbonyl (C=O) groups excluding carboxylic acids is 1. The van der Waals surface area contributed by atoms with Crippen LogP contribution in [-0.4, -0.2) is 16.9 Å². The highest BCUT2D eigenvalue weighted by Gasteiger charge is 2.09. The molecule has 1 aromatic carbocycles. The monoisotopic (exact) mass is 250 g/mol. The topological polar surface area (TPSA) is 94.0 Å². The molecule has 5 N–H and O–H groups in total. The van der Waals surface area contributed by atoms with Gasteiger partial charge in [-0.3, -0.25) is 4.79 Å². The van der Waals surface area contributed by atoms with Crippen molar-refractivity contribution in [1.29, 1.82) is 0 Å². The second-order valence-electron chi connectivity index (χ2n) is 3.96. The Balaban J connectivity index is 2.16. The molecule has 1 heterocycles. The first kappa shape index (κ1) is 11.7. The summed E-state index contributed by atoms with van der Waals surface area (Å²) in [5, 5.41) is 3.93. The van der Waals surface area contributed by atoms with Gasteiger partial charge in [-0.1, -0.05) is 11.3 Å². The molecule has 17 heavy (non-hydrogen) atoms. The van der Waals surface area contributed by atoms with Crippen LogP contribution in [-0.2, 0) is 4.79 Å². The Bertz CT molecular complexity index is 551. The molecule has 0 saturated heterocycles. The first-order valence-electron chi connectivity index (χ1n) is 5.25. The fraction of sp³-hybridized carbons (Fsp3) is 0.273. The second kappa shape index (κ2) is 4.58. The number of hydrogen-bond donors (Lipinski definition) is 3. The first-order chi connectivity index (χ1) is 8.04. The van der Waals surface area contributed by atoms with E-state index in [-0.39, 0.29) is 18.4 Å². The zero-order valence-corrected chi connectivity index (χ0v) is 10.3. The Morgan fingerprint density at radius 2 is 2.35 bits per heavy atom. The molecule has 5 nitrogen and oxygen atoms in total. The Hall–Kier alpha value is -1.82. The van der Waals surface area contributed by atoms with Crippen molar-refractivity contribution < 1.29 is 4.79 Å². The lowest BCUT2D eigenvalue weighted by Gasteiger charge is -2.09. The van der Waals surface area contributed by atoms with E-state index in [4.69, 9.17) is 11.5 Å². The van der Waals surface area contributed by atoms with Gasteiger partial charge >= 0.3 is 0 Å². The normalized spacial score (nSPS) is 12.5. The van der Waals surface area contributed by atoms with Crippen LogP contribution in [0.5, 0.6) is 0 Å². The molecule has 0 bridgehead atoms. The largest absolute Gasteiger partial charge is 0.399 e. The van der Waals surface area contributed by atoms with Crippen LogP contribution in [0.2, 0.25) is 0 Å². The number of nitrogens with two attached hydrogens (primary N) is 2. The molecule has 0 aliphatic heterocycles. The van der Waals surface area contributed by atoms with Crippen molar-refractivity contribution in [1.82, 2.24) is 4.98 Å². The van der Waals surface area contributed by atoms with Gasteiger partial charge in [0.15, 0.2) is 5.13 Å². The average Bonchev–Trinajstić information content (AvgIpc) is 2.57. The lowest BCUT2D eigenvalue weighted by Crippen LogP contribution is -2.23. The first-order valence-corrected chi connectivity index (χ1v) is 6.07. The fourth-order valence-electron chi connectivity index (χ4n) is 1.57. The number of fused-ring (bicyclic) bond motifs is 1. The van der Waals surface area contributed by atoms with E-state index >= 15 is 0 Å². The molecule has 2 rings (SSSR count). The predicted molar refractivity (Wildman–Crippen MR) is 70.9 cm³/mol. The Morgan fingerprint density at radius 3 is 3.06 bits per heavy atom. The fourth-order valence-corrected chi connectivity index (χ4v) is 2.59. The van der Waals surface area contributed by atoms with Crippen LogP contribution < -0.4 is 16.8 Å². The lowest BCUT2D eigenvalue weighted by molar-refractivity contribution is -0.118. The van der Waals surface area contributed by atoms with Gasteiger partial charge in [0, 0.05) is 18.2 Å². The van der Waals surface area contributed by atoms with Crippen LogP contribution in [0.25, 0.3) is 10.2 Å². The summed E-state index contributed by atoms with van der Waals surface area (Å²) >= 11 is 1.51. The van der Waals surface area contributed by atoms with Gasteiger partial charge < -0.3 is 16.8 Å². The van der Waals surface area contributed by atoms with Crippen LogP contribution >= 0.6 is 11.3 Å². The number of aromatic nitrogens is 1. The molecule has 6 heteroatoms. The number of nitrogens with zero attached hydrogens (tertiary/aromatic N) is 1. The Labute approximate surface area is 103 Å².